The van der Waals surface area contributed by atoms with Gasteiger partial charge in [0.2, 0.25) is 0 Å². The molecule has 0 bridgehead atoms. The molecule has 0 saturated carbocycles. The lowest BCUT2D eigenvalue weighted by Crippen LogP contribution is -2.08. The zero-order valence-corrected chi connectivity index (χ0v) is 19.8. The third-order valence-corrected chi connectivity index (χ3v) is 6.03. The van der Waals surface area contributed by atoms with E-state index in [4.69, 9.17) is 4.74 Å². The highest BCUT2D eigenvalue weighted by molar-refractivity contribution is 5.69. The lowest BCUT2D eigenvalue weighted by atomic mass is 10.0. The van der Waals surface area contributed by atoms with E-state index in [1.807, 2.05) is 25.1 Å². The van der Waals surface area contributed by atoms with Gasteiger partial charge < -0.3 is 4.74 Å². The Labute approximate surface area is 190 Å². The molecular formula is C29H42O2. The van der Waals surface area contributed by atoms with Gasteiger partial charge >= 0.3 is 5.97 Å². The predicted molar refractivity (Wildman–Crippen MR) is 132 cm³/mol. The summed E-state index contributed by atoms with van der Waals surface area (Å²) in [5, 5.41) is 0. The molecular weight excluding hydrogens is 380 g/mol. The third-order valence-electron chi connectivity index (χ3n) is 6.03. The Balaban J connectivity index is 1.52. The van der Waals surface area contributed by atoms with Crippen LogP contribution in [0, 0.1) is 0 Å². The van der Waals surface area contributed by atoms with Crippen molar-refractivity contribution in [1.82, 2.24) is 0 Å². The van der Waals surface area contributed by atoms with E-state index < -0.39 is 0 Å². The van der Waals surface area contributed by atoms with Crippen molar-refractivity contribution in [2.24, 2.45) is 0 Å². The average Bonchev–Trinajstić information content (AvgIpc) is 2.80. The summed E-state index contributed by atoms with van der Waals surface area (Å²) < 4.78 is 5.64. The van der Waals surface area contributed by atoms with Crippen molar-refractivity contribution >= 4 is 5.97 Å². The fourth-order valence-electron chi connectivity index (χ4n) is 4.01. The summed E-state index contributed by atoms with van der Waals surface area (Å²) in [7, 11) is 0. The summed E-state index contributed by atoms with van der Waals surface area (Å²) in [6.07, 6.45) is 16.0. The van der Waals surface area contributed by atoms with E-state index in [0.29, 0.717) is 6.42 Å². The molecule has 0 aliphatic heterocycles. The van der Waals surface area contributed by atoms with Crippen LogP contribution in [0.25, 0.3) is 11.1 Å². The van der Waals surface area contributed by atoms with Crippen LogP contribution in [0.2, 0.25) is 0 Å². The van der Waals surface area contributed by atoms with Crippen molar-refractivity contribution in [1.29, 1.82) is 0 Å². The number of carbonyl (C=O) groups excluding carboxylic acids is 1. The lowest BCUT2D eigenvalue weighted by molar-refractivity contribution is -0.148. The van der Waals surface area contributed by atoms with E-state index in [1.165, 1.54) is 75.3 Å². The number of esters is 1. The Morgan fingerprint density at radius 3 is 1.71 bits per heavy atom. The van der Waals surface area contributed by atoms with Gasteiger partial charge in [-0.2, -0.15) is 0 Å². The molecule has 0 aliphatic rings. The van der Waals surface area contributed by atoms with Gasteiger partial charge in [0, 0.05) is 6.42 Å². The molecule has 0 radical (unpaired) electrons. The molecule has 31 heavy (non-hydrogen) atoms. The molecule has 2 aromatic rings. The van der Waals surface area contributed by atoms with Crippen LogP contribution in [0.5, 0.6) is 0 Å². The molecule has 0 N–H and O–H groups in total. The normalized spacial score (nSPS) is 11.9. The van der Waals surface area contributed by atoms with Gasteiger partial charge in [0.05, 0.1) is 0 Å². The van der Waals surface area contributed by atoms with Crippen LogP contribution in [0.3, 0.4) is 0 Å². The predicted octanol–water partition coefficient (Wildman–Crippen LogP) is 9.05. The Kier molecular flexibility index (Phi) is 12.7. The SMILES string of the molecule is CCCCCCCCCCCCCCC(=O)OC(C)c1ccc(-c2ccccc2)cc1. The smallest absolute Gasteiger partial charge is 0.306 e. The Morgan fingerprint density at radius 1 is 0.677 bits per heavy atom. The van der Waals surface area contributed by atoms with Gasteiger partial charge in [-0.25, -0.2) is 0 Å². The summed E-state index contributed by atoms with van der Waals surface area (Å²) in [6, 6.07) is 18.6. The van der Waals surface area contributed by atoms with Gasteiger partial charge in [0.1, 0.15) is 6.10 Å². The number of carbonyl (C=O) groups is 1. The highest BCUT2D eigenvalue weighted by Crippen LogP contribution is 2.24. The van der Waals surface area contributed by atoms with Gasteiger partial charge in [-0.15, -0.1) is 0 Å². The fraction of sp³-hybridized carbons (Fsp3) is 0.552. The Morgan fingerprint density at radius 2 is 1.16 bits per heavy atom. The first-order valence-electron chi connectivity index (χ1n) is 12.6. The Hall–Kier alpha value is -2.09. The van der Waals surface area contributed by atoms with Gasteiger partial charge in [-0.3, -0.25) is 4.79 Å². The molecule has 1 atom stereocenters. The molecule has 2 aromatic carbocycles. The van der Waals surface area contributed by atoms with E-state index in [2.05, 4.69) is 43.3 Å². The van der Waals surface area contributed by atoms with Crippen molar-refractivity contribution in [2.75, 3.05) is 0 Å². The first-order valence-corrected chi connectivity index (χ1v) is 12.6. The summed E-state index contributed by atoms with van der Waals surface area (Å²) in [5.41, 5.74) is 3.42. The van der Waals surface area contributed by atoms with Gasteiger partial charge in [0.25, 0.3) is 0 Å². The molecule has 0 spiro atoms. The number of rotatable bonds is 16. The van der Waals surface area contributed by atoms with Crippen molar-refractivity contribution in [3.63, 3.8) is 0 Å². The summed E-state index contributed by atoms with van der Waals surface area (Å²) in [5.74, 6) is -0.0771. The molecule has 0 heterocycles. The zero-order valence-electron chi connectivity index (χ0n) is 19.8. The number of unbranched alkanes of at least 4 members (excludes halogenated alkanes) is 11. The van der Waals surface area contributed by atoms with E-state index in [-0.39, 0.29) is 12.1 Å². The first-order chi connectivity index (χ1) is 15.2. The minimum absolute atomic E-state index is 0.0771. The van der Waals surface area contributed by atoms with Crippen LogP contribution in [-0.2, 0) is 9.53 Å². The number of benzene rings is 2. The van der Waals surface area contributed by atoms with Gasteiger partial charge in [0.15, 0.2) is 0 Å². The van der Waals surface area contributed by atoms with Crippen LogP contribution < -0.4 is 0 Å². The maximum absolute atomic E-state index is 12.2. The van der Waals surface area contributed by atoms with Crippen molar-refractivity contribution in [3.05, 3.63) is 60.2 Å². The highest BCUT2D eigenvalue weighted by Gasteiger charge is 2.11. The highest BCUT2D eigenvalue weighted by atomic mass is 16.5. The minimum Gasteiger partial charge on any atom is -0.458 e. The van der Waals surface area contributed by atoms with Crippen LogP contribution in [-0.4, -0.2) is 5.97 Å². The van der Waals surface area contributed by atoms with Gasteiger partial charge in [-0.1, -0.05) is 132 Å². The van der Waals surface area contributed by atoms with Crippen LogP contribution in [0.1, 0.15) is 109 Å². The summed E-state index contributed by atoms with van der Waals surface area (Å²) in [6.45, 7) is 4.22. The molecule has 0 saturated heterocycles. The van der Waals surface area contributed by atoms with E-state index >= 15 is 0 Å². The second kappa shape index (κ2) is 15.7. The van der Waals surface area contributed by atoms with Crippen LogP contribution >= 0.6 is 0 Å². The summed E-state index contributed by atoms with van der Waals surface area (Å²) >= 11 is 0. The molecule has 1 unspecified atom stereocenters. The van der Waals surface area contributed by atoms with E-state index in [0.717, 1.165) is 18.4 Å². The zero-order chi connectivity index (χ0) is 22.2. The molecule has 2 nitrogen and oxygen atoms in total. The van der Waals surface area contributed by atoms with E-state index in [1.54, 1.807) is 0 Å². The minimum atomic E-state index is -0.199. The second-order valence-electron chi connectivity index (χ2n) is 8.76. The van der Waals surface area contributed by atoms with E-state index in [9.17, 15) is 4.79 Å². The van der Waals surface area contributed by atoms with Crippen LogP contribution in [0.4, 0.5) is 0 Å². The van der Waals surface area contributed by atoms with Crippen molar-refractivity contribution in [2.45, 2.75) is 103 Å². The van der Waals surface area contributed by atoms with Crippen molar-refractivity contribution in [3.8, 4) is 11.1 Å². The fourth-order valence-corrected chi connectivity index (χ4v) is 4.01. The maximum Gasteiger partial charge on any atom is 0.306 e. The topological polar surface area (TPSA) is 26.3 Å². The first kappa shape index (κ1) is 25.2. The monoisotopic (exact) mass is 422 g/mol. The molecule has 2 heteroatoms. The largest absolute Gasteiger partial charge is 0.458 e. The van der Waals surface area contributed by atoms with Crippen LogP contribution in [0.15, 0.2) is 54.6 Å². The maximum atomic E-state index is 12.2. The second-order valence-corrected chi connectivity index (χ2v) is 8.76. The van der Waals surface area contributed by atoms with Crippen molar-refractivity contribution < 1.29 is 9.53 Å². The quantitative estimate of drug-likeness (QED) is 0.199. The number of ether oxygens (including phenoxy) is 1. The molecule has 0 fully saturated rings. The average molecular weight is 423 g/mol. The third kappa shape index (κ3) is 10.7. The molecule has 170 valence electrons. The lowest BCUT2D eigenvalue weighted by Gasteiger charge is -2.14. The molecule has 0 aromatic heterocycles. The Bertz CT molecular complexity index is 705. The number of hydrogen-bond acceptors (Lipinski definition) is 2. The molecule has 0 amide bonds. The molecule has 2 rings (SSSR count). The van der Waals surface area contributed by atoms with Gasteiger partial charge in [-0.05, 0) is 30.0 Å². The standard InChI is InChI=1S/C29H42O2/c1-3-4-5-6-7-8-9-10-11-12-13-17-20-29(30)31-25(2)26-21-23-28(24-22-26)27-18-15-14-16-19-27/h14-16,18-19,21-25H,3-13,17,20H2,1-2H3. The summed E-state index contributed by atoms with van der Waals surface area (Å²) in [4.78, 5) is 12.2. The number of hydrogen-bond donors (Lipinski definition) is 0. The molecule has 0 aliphatic carbocycles.